The van der Waals surface area contributed by atoms with Crippen LogP contribution in [-0.4, -0.2) is 23.0 Å². The standard InChI is InChI=1S/C16H17NO3/c1-16(19,13-6-8-17-9-7-13)11-15(18)12-4-3-5-14(10-12)20-2/h3-10,19H,11H2,1-2H3. The fourth-order valence-corrected chi connectivity index (χ4v) is 2.02. The van der Waals surface area contributed by atoms with Crippen LogP contribution in [0.3, 0.4) is 0 Å². The second-order valence-corrected chi connectivity index (χ2v) is 4.84. The second-order valence-electron chi connectivity index (χ2n) is 4.84. The van der Waals surface area contributed by atoms with Crippen LogP contribution in [-0.2, 0) is 5.60 Å². The van der Waals surface area contributed by atoms with Crippen LogP contribution < -0.4 is 4.74 Å². The average Bonchev–Trinajstić information content (AvgIpc) is 2.48. The third-order valence-corrected chi connectivity index (χ3v) is 3.20. The summed E-state index contributed by atoms with van der Waals surface area (Å²) in [5, 5.41) is 10.5. The van der Waals surface area contributed by atoms with Gasteiger partial charge in [0.2, 0.25) is 0 Å². The van der Waals surface area contributed by atoms with Crippen LogP contribution in [0.1, 0.15) is 29.3 Å². The average molecular weight is 271 g/mol. The van der Waals surface area contributed by atoms with Crippen molar-refractivity contribution in [2.45, 2.75) is 18.9 Å². The Labute approximate surface area is 118 Å². The second kappa shape index (κ2) is 5.84. The molecule has 0 amide bonds. The summed E-state index contributed by atoms with van der Waals surface area (Å²) in [5.41, 5.74) is -0.0225. The number of ketones is 1. The summed E-state index contributed by atoms with van der Waals surface area (Å²) in [4.78, 5) is 16.2. The first-order valence-electron chi connectivity index (χ1n) is 6.33. The zero-order chi connectivity index (χ0) is 14.6. The van der Waals surface area contributed by atoms with Crippen LogP contribution >= 0.6 is 0 Å². The Morgan fingerprint density at radius 2 is 2.00 bits per heavy atom. The molecule has 0 saturated carbocycles. The van der Waals surface area contributed by atoms with Gasteiger partial charge in [-0.2, -0.15) is 0 Å². The maximum atomic E-state index is 12.3. The SMILES string of the molecule is COc1cccc(C(=O)CC(C)(O)c2ccncc2)c1. The van der Waals surface area contributed by atoms with Crippen molar-refractivity contribution in [1.29, 1.82) is 0 Å². The molecule has 1 atom stereocenters. The van der Waals surface area contributed by atoms with Crippen LogP contribution in [0.25, 0.3) is 0 Å². The summed E-state index contributed by atoms with van der Waals surface area (Å²) in [6.45, 7) is 1.63. The molecule has 2 aromatic rings. The summed E-state index contributed by atoms with van der Waals surface area (Å²) >= 11 is 0. The van der Waals surface area contributed by atoms with E-state index in [1.165, 1.54) is 0 Å². The highest BCUT2D eigenvalue weighted by Gasteiger charge is 2.27. The van der Waals surface area contributed by atoms with Crippen molar-refractivity contribution in [2.75, 3.05) is 7.11 Å². The number of carbonyl (C=O) groups is 1. The smallest absolute Gasteiger partial charge is 0.166 e. The molecule has 0 aliphatic heterocycles. The van der Waals surface area contributed by atoms with Crippen molar-refractivity contribution in [3.8, 4) is 5.75 Å². The van der Waals surface area contributed by atoms with Crippen LogP contribution in [0.4, 0.5) is 0 Å². The van der Waals surface area contributed by atoms with E-state index in [1.54, 1.807) is 62.8 Å². The Hall–Kier alpha value is -2.20. The van der Waals surface area contributed by atoms with Crippen molar-refractivity contribution in [2.24, 2.45) is 0 Å². The van der Waals surface area contributed by atoms with Crippen LogP contribution in [0.15, 0.2) is 48.8 Å². The molecule has 1 aromatic heterocycles. The van der Waals surface area contributed by atoms with Gasteiger partial charge >= 0.3 is 0 Å². The first-order valence-corrected chi connectivity index (χ1v) is 6.33. The Kier molecular flexibility index (Phi) is 4.15. The van der Waals surface area contributed by atoms with Crippen molar-refractivity contribution >= 4 is 5.78 Å². The first kappa shape index (κ1) is 14.2. The Morgan fingerprint density at radius 1 is 1.30 bits per heavy atom. The quantitative estimate of drug-likeness (QED) is 0.849. The largest absolute Gasteiger partial charge is 0.497 e. The molecule has 0 fully saturated rings. The number of benzene rings is 1. The van der Waals surface area contributed by atoms with Gasteiger partial charge in [-0.25, -0.2) is 0 Å². The fraction of sp³-hybridized carbons (Fsp3) is 0.250. The zero-order valence-electron chi connectivity index (χ0n) is 11.5. The van der Waals surface area contributed by atoms with Crippen molar-refractivity contribution in [3.05, 3.63) is 59.9 Å². The van der Waals surface area contributed by atoms with E-state index < -0.39 is 5.60 Å². The molecule has 4 heteroatoms. The number of hydrogen-bond donors (Lipinski definition) is 1. The number of rotatable bonds is 5. The van der Waals surface area contributed by atoms with E-state index in [-0.39, 0.29) is 12.2 Å². The molecule has 0 radical (unpaired) electrons. The normalized spacial score (nSPS) is 13.6. The predicted octanol–water partition coefficient (Wildman–Crippen LogP) is 2.57. The van der Waals surface area contributed by atoms with Gasteiger partial charge in [0.05, 0.1) is 12.7 Å². The lowest BCUT2D eigenvalue weighted by molar-refractivity contribution is 0.0430. The van der Waals surface area contributed by atoms with Gasteiger partial charge in [-0.3, -0.25) is 9.78 Å². The minimum Gasteiger partial charge on any atom is -0.497 e. The van der Waals surface area contributed by atoms with Gasteiger partial charge in [0.15, 0.2) is 5.78 Å². The molecule has 1 aromatic carbocycles. The molecule has 1 heterocycles. The highest BCUT2D eigenvalue weighted by molar-refractivity contribution is 5.97. The highest BCUT2D eigenvalue weighted by atomic mass is 16.5. The molecule has 0 saturated heterocycles. The number of ether oxygens (including phenoxy) is 1. The fourth-order valence-electron chi connectivity index (χ4n) is 2.02. The van der Waals surface area contributed by atoms with Crippen molar-refractivity contribution < 1.29 is 14.6 Å². The van der Waals surface area contributed by atoms with Gasteiger partial charge in [-0.05, 0) is 36.8 Å². The molecule has 104 valence electrons. The predicted molar refractivity (Wildman–Crippen MR) is 75.7 cm³/mol. The van der Waals surface area contributed by atoms with E-state index in [1.807, 2.05) is 0 Å². The highest BCUT2D eigenvalue weighted by Crippen LogP contribution is 2.26. The number of hydrogen-bond acceptors (Lipinski definition) is 4. The van der Waals surface area contributed by atoms with Gasteiger partial charge in [0.25, 0.3) is 0 Å². The Bertz CT molecular complexity index is 594. The van der Waals surface area contributed by atoms with E-state index in [4.69, 9.17) is 4.74 Å². The molecule has 1 unspecified atom stereocenters. The van der Waals surface area contributed by atoms with Gasteiger partial charge in [-0.15, -0.1) is 0 Å². The molecule has 0 bridgehead atoms. The van der Waals surface area contributed by atoms with Gasteiger partial charge in [0.1, 0.15) is 5.75 Å². The topological polar surface area (TPSA) is 59.4 Å². The summed E-state index contributed by atoms with van der Waals surface area (Å²) < 4.78 is 5.10. The molecular formula is C16H17NO3. The van der Waals surface area contributed by atoms with Crippen molar-refractivity contribution in [1.82, 2.24) is 4.98 Å². The third-order valence-electron chi connectivity index (χ3n) is 3.20. The van der Waals surface area contributed by atoms with E-state index in [0.717, 1.165) is 0 Å². The summed E-state index contributed by atoms with van der Waals surface area (Å²) in [5.74, 6) is 0.491. The maximum absolute atomic E-state index is 12.3. The number of pyridine rings is 1. The van der Waals surface area contributed by atoms with E-state index in [2.05, 4.69) is 4.98 Å². The van der Waals surface area contributed by atoms with Crippen molar-refractivity contribution in [3.63, 3.8) is 0 Å². The van der Waals surface area contributed by atoms with Crippen LogP contribution in [0.5, 0.6) is 5.75 Å². The van der Waals surface area contributed by atoms with E-state index in [0.29, 0.717) is 16.9 Å². The lowest BCUT2D eigenvalue weighted by Crippen LogP contribution is -2.25. The molecular weight excluding hydrogens is 254 g/mol. The summed E-state index contributed by atoms with van der Waals surface area (Å²) in [7, 11) is 1.55. The minimum atomic E-state index is -1.22. The Balaban J connectivity index is 2.18. The molecule has 0 aliphatic rings. The third kappa shape index (κ3) is 3.22. The van der Waals surface area contributed by atoms with Gasteiger partial charge in [-0.1, -0.05) is 12.1 Å². The molecule has 4 nitrogen and oxygen atoms in total. The van der Waals surface area contributed by atoms with E-state index in [9.17, 15) is 9.90 Å². The molecule has 0 aliphatic carbocycles. The number of methoxy groups -OCH3 is 1. The van der Waals surface area contributed by atoms with Gasteiger partial charge in [0, 0.05) is 24.4 Å². The maximum Gasteiger partial charge on any atom is 0.166 e. The molecule has 0 spiro atoms. The van der Waals surface area contributed by atoms with Gasteiger partial charge < -0.3 is 9.84 Å². The van der Waals surface area contributed by atoms with Crippen LogP contribution in [0, 0.1) is 0 Å². The number of Topliss-reactive ketones (excluding diaryl/α,β-unsaturated/α-hetero) is 1. The van der Waals surface area contributed by atoms with E-state index >= 15 is 0 Å². The minimum absolute atomic E-state index is 0.00415. The first-order chi connectivity index (χ1) is 9.53. The zero-order valence-corrected chi connectivity index (χ0v) is 11.5. The number of nitrogens with zero attached hydrogens (tertiary/aromatic N) is 1. The lowest BCUT2D eigenvalue weighted by atomic mass is 9.89. The number of aromatic nitrogens is 1. The number of aliphatic hydroxyl groups is 1. The lowest BCUT2D eigenvalue weighted by Gasteiger charge is -2.22. The van der Waals surface area contributed by atoms with Crippen LogP contribution in [0.2, 0.25) is 0 Å². The molecule has 2 rings (SSSR count). The Morgan fingerprint density at radius 3 is 2.65 bits per heavy atom. The summed E-state index contributed by atoms with van der Waals surface area (Å²) in [6.07, 6.45) is 3.20. The molecule has 20 heavy (non-hydrogen) atoms. The summed E-state index contributed by atoms with van der Waals surface area (Å²) in [6, 6.07) is 10.3. The number of carbonyl (C=O) groups excluding carboxylic acids is 1. The monoisotopic (exact) mass is 271 g/mol. The molecule has 1 N–H and O–H groups in total.